The molecule has 10 heteroatoms. The van der Waals surface area contributed by atoms with Crippen LogP contribution in [0.4, 0.5) is 0 Å². The van der Waals surface area contributed by atoms with Crippen molar-refractivity contribution in [3.63, 3.8) is 0 Å². The van der Waals surface area contributed by atoms with Crippen LogP contribution in [0, 0.1) is 5.92 Å². The molecule has 0 radical (unpaired) electrons. The van der Waals surface area contributed by atoms with Gasteiger partial charge in [0.05, 0.1) is 12.1 Å². The van der Waals surface area contributed by atoms with Gasteiger partial charge in [-0.05, 0) is 17.9 Å². The first kappa shape index (κ1) is 23.5. The first-order chi connectivity index (χ1) is 14.3. The maximum absolute atomic E-state index is 12.9. The minimum Gasteiger partial charge on any atom is -0.426 e. The Morgan fingerprint density at radius 2 is 1.90 bits per heavy atom. The van der Waals surface area contributed by atoms with Gasteiger partial charge in [0.15, 0.2) is 0 Å². The average molecular weight is 414 g/mol. The van der Waals surface area contributed by atoms with E-state index >= 15 is 0 Å². The molecule has 0 saturated carbocycles. The van der Waals surface area contributed by atoms with Gasteiger partial charge in [-0.25, -0.2) is 9.78 Å². The molecule has 1 aromatic carbocycles. The summed E-state index contributed by atoms with van der Waals surface area (Å²) in [4.78, 5) is 38.5. The second-order valence-corrected chi connectivity index (χ2v) is 7.37. The highest BCUT2D eigenvalue weighted by molar-refractivity contribution is 6.43. The van der Waals surface area contributed by atoms with Crippen molar-refractivity contribution in [2.75, 3.05) is 7.05 Å². The lowest BCUT2D eigenvalue weighted by atomic mass is 9.75. The van der Waals surface area contributed by atoms with Crippen LogP contribution >= 0.6 is 0 Å². The van der Waals surface area contributed by atoms with Crippen molar-refractivity contribution >= 4 is 19.0 Å². The summed E-state index contributed by atoms with van der Waals surface area (Å²) in [5, 5.41) is 23.1. The minimum atomic E-state index is -1.69. The van der Waals surface area contributed by atoms with E-state index in [2.05, 4.69) is 15.3 Å². The van der Waals surface area contributed by atoms with Crippen molar-refractivity contribution in [2.24, 2.45) is 5.92 Å². The van der Waals surface area contributed by atoms with E-state index in [0.717, 1.165) is 10.6 Å². The minimum absolute atomic E-state index is 0.0696. The predicted molar refractivity (Wildman–Crippen MR) is 111 cm³/mol. The lowest BCUT2D eigenvalue weighted by Crippen LogP contribution is -2.50. The molecule has 1 heterocycles. The van der Waals surface area contributed by atoms with E-state index in [4.69, 9.17) is 4.84 Å². The number of benzene rings is 1. The van der Waals surface area contributed by atoms with Crippen LogP contribution in [0.2, 0.25) is 0 Å². The monoisotopic (exact) mass is 414 g/mol. The third-order valence-electron chi connectivity index (χ3n) is 4.43. The molecule has 1 amide bonds. The number of nitrogens with one attached hydrogen (secondary N) is 1. The summed E-state index contributed by atoms with van der Waals surface area (Å²) >= 11 is 0. The quantitative estimate of drug-likeness (QED) is 0.382. The van der Waals surface area contributed by atoms with Gasteiger partial charge in [0.25, 0.3) is 5.91 Å². The third-order valence-corrected chi connectivity index (χ3v) is 4.43. The van der Waals surface area contributed by atoms with Crippen molar-refractivity contribution < 1.29 is 24.5 Å². The Morgan fingerprint density at radius 1 is 1.20 bits per heavy atom. The summed E-state index contributed by atoms with van der Waals surface area (Å²) in [6, 6.07) is 8.15. The van der Waals surface area contributed by atoms with Gasteiger partial charge < -0.3 is 20.2 Å². The smallest absolute Gasteiger partial charge is 0.426 e. The molecule has 160 valence electrons. The Kier molecular flexibility index (Phi) is 8.91. The Hall–Kier alpha value is -2.82. The van der Waals surface area contributed by atoms with Crippen LogP contribution in [-0.2, 0) is 16.1 Å². The number of carbonyl (C=O) groups is 2. The molecule has 2 rings (SSSR count). The van der Waals surface area contributed by atoms with Gasteiger partial charge in [-0.15, -0.1) is 5.06 Å². The Labute approximate surface area is 176 Å². The molecule has 0 aliphatic carbocycles. The second kappa shape index (κ2) is 11.4. The van der Waals surface area contributed by atoms with Crippen LogP contribution in [0.3, 0.4) is 0 Å². The van der Waals surface area contributed by atoms with Gasteiger partial charge in [-0.2, -0.15) is 0 Å². The Morgan fingerprint density at radius 3 is 2.47 bits per heavy atom. The highest BCUT2D eigenvalue weighted by Crippen LogP contribution is 2.13. The molecular formula is C20H27BN4O5. The van der Waals surface area contributed by atoms with Gasteiger partial charge >= 0.3 is 13.1 Å². The maximum Gasteiger partial charge on any atom is 0.473 e. The van der Waals surface area contributed by atoms with Gasteiger partial charge in [0, 0.05) is 25.9 Å². The SMILES string of the molecule is CC(C)CC(B(O)O)N(C)OC(=O)C(Cc1ccccc1)NC(=O)c1cnccn1. The van der Waals surface area contributed by atoms with Gasteiger partial charge in [-0.1, -0.05) is 44.2 Å². The molecule has 9 nitrogen and oxygen atoms in total. The molecule has 2 atom stereocenters. The van der Waals surface area contributed by atoms with Crippen LogP contribution in [-0.4, -0.2) is 63.1 Å². The number of hydrogen-bond donors (Lipinski definition) is 3. The highest BCUT2D eigenvalue weighted by Gasteiger charge is 2.33. The molecule has 0 bridgehead atoms. The zero-order valence-electron chi connectivity index (χ0n) is 17.3. The van der Waals surface area contributed by atoms with Crippen molar-refractivity contribution in [2.45, 2.75) is 38.7 Å². The number of hydroxylamine groups is 2. The van der Waals surface area contributed by atoms with E-state index in [9.17, 15) is 19.6 Å². The fraction of sp³-hybridized carbons (Fsp3) is 0.400. The highest BCUT2D eigenvalue weighted by atomic mass is 16.7. The van der Waals surface area contributed by atoms with Crippen molar-refractivity contribution in [1.82, 2.24) is 20.3 Å². The molecule has 0 aliphatic rings. The van der Waals surface area contributed by atoms with Crippen molar-refractivity contribution in [1.29, 1.82) is 0 Å². The van der Waals surface area contributed by atoms with Crippen LogP contribution < -0.4 is 5.32 Å². The standard InChI is InChI=1S/C20H27BN4O5/c1-14(2)11-18(21(28)29)25(3)30-20(27)16(12-15-7-5-4-6-8-15)24-19(26)17-13-22-9-10-23-17/h4-10,13-14,16,18,28-29H,11-12H2,1-3H3,(H,24,26). The third kappa shape index (κ3) is 7.22. The van der Waals surface area contributed by atoms with Crippen LogP contribution in [0.5, 0.6) is 0 Å². The van der Waals surface area contributed by atoms with Crippen LogP contribution in [0.25, 0.3) is 0 Å². The van der Waals surface area contributed by atoms with Gasteiger partial charge in [0.1, 0.15) is 11.7 Å². The Bertz CT molecular complexity index is 807. The molecule has 0 saturated heterocycles. The zero-order chi connectivity index (χ0) is 22.1. The number of hydrogen-bond acceptors (Lipinski definition) is 8. The van der Waals surface area contributed by atoms with Gasteiger partial charge in [0.2, 0.25) is 0 Å². The Balaban J connectivity index is 2.15. The largest absolute Gasteiger partial charge is 0.473 e. The zero-order valence-corrected chi connectivity index (χ0v) is 17.3. The number of amides is 1. The molecule has 30 heavy (non-hydrogen) atoms. The molecule has 1 aromatic heterocycles. The number of aromatic nitrogens is 2. The molecule has 0 aliphatic heterocycles. The fourth-order valence-electron chi connectivity index (χ4n) is 2.91. The molecule has 2 unspecified atom stereocenters. The summed E-state index contributed by atoms with van der Waals surface area (Å²) in [5.74, 6) is -1.95. The number of carbonyl (C=O) groups excluding carboxylic acids is 2. The second-order valence-electron chi connectivity index (χ2n) is 7.37. The molecule has 3 N–H and O–H groups in total. The normalized spacial score (nSPS) is 13.0. The summed E-state index contributed by atoms with van der Waals surface area (Å²) in [6.07, 6.45) is 4.71. The van der Waals surface area contributed by atoms with E-state index in [0.29, 0.717) is 6.42 Å². The number of nitrogens with zero attached hydrogens (tertiary/aromatic N) is 3. The van der Waals surface area contributed by atoms with Gasteiger partial charge in [-0.3, -0.25) is 9.78 Å². The average Bonchev–Trinajstić information content (AvgIpc) is 2.72. The maximum atomic E-state index is 12.9. The molecule has 2 aromatic rings. The van der Waals surface area contributed by atoms with E-state index in [-0.39, 0.29) is 18.0 Å². The van der Waals surface area contributed by atoms with Crippen molar-refractivity contribution in [3.8, 4) is 0 Å². The summed E-state index contributed by atoms with van der Waals surface area (Å²) in [7, 11) is -0.235. The topological polar surface area (TPSA) is 125 Å². The summed E-state index contributed by atoms with van der Waals surface area (Å²) < 4.78 is 0. The van der Waals surface area contributed by atoms with Crippen LogP contribution in [0.1, 0.15) is 36.3 Å². The van der Waals surface area contributed by atoms with Crippen molar-refractivity contribution in [3.05, 3.63) is 60.2 Å². The first-order valence-corrected chi connectivity index (χ1v) is 9.69. The molecular weight excluding hydrogens is 387 g/mol. The van der Waals surface area contributed by atoms with E-state index in [1.807, 2.05) is 44.2 Å². The predicted octanol–water partition coefficient (Wildman–Crippen LogP) is 0.634. The first-order valence-electron chi connectivity index (χ1n) is 9.69. The van der Waals surface area contributed by atoms with E-state index in [1.165, 1.54) is 25.6 Å². The fourth-order valence-corrected chi connectivity index (χ4v) is 2.91. The van der Waals surface area contributed by atoms with E-state index in [1.54, 1.807) is 0 Å². The lowest BCUT2D eigenvalue weighted by Gasteiger charge is -2.29. The molecule has 0 fully saturated rings. The number of rotatable bonds is 10. The summed E-state index contributed by atoms with van der Waals surface area (Å²) in [6.45, 7) is 3.84. The molecule has 0 spiro atoms. The summed E-state index contributed by atoms with van der Waals surface area (Å²) in [5.41, 5.74) is 0.891. The van der Waals surface area contributed by atoms with E-state index < -0.39 is 31.0 Å². The van der Waals surface area contributed by atoms with Crippen LogP contribution in [0.15, 0.2) is 48.9 Å². The lowest BCUT2D eigenvalue weighted by molar-refractivity contribution is -0.192.